The van der Waals surface area contributed by atoms with Crippen molar-refractivity contribution in [3.63, 3.8) is 0 Å². The van der Waals surface area contributed by atoms with Crippen molar-refractivity contribution in [3.8, 4) is 5.75 Å². The van der Waals surface area contributed by atoms with Crippen LogP contribution in [0.4, 0.5) is 5.69 Å². The molecule has 0 saturated heterocycles. The Morgan fingerprint density at radius 3 is 2.32 bits per heavy atom. The number of amides is 3. The molecule has 2 aromatic carbocycles. The number of hydrazine groups is 1. The summed E-state index contributed by atoms with van der Waals surface area (Å²) in [7, 11) is 0. The van der Waals surface area contributed by atoms with Gasteiger partial charge in [-0.25, -0.2) is 0 Å². The Balaban J connectivity index is 1.80. The van der Waals surface area contributed by atoms with E-state index in [2.05, 4.69) is 45.9 Å². The van der Waals surface area contributed by atoms with Crippen molar-refractivity contribution in [2.75, 3.05) is 11.9 Å². The lowest BCUT2D eigenvalue weighted by atomic mass is 9.99. The number of hydrogen-bond acceptors (Lipinski definition) is 4. The van der Waals surface area contributed by atoms with E-state index in [-0.39, 0.29) is 12.5 Å². The number of halogens is 1. The highest BCUT2D eigenvalue weighted by atomic mass is 79.9. The molecule has 3 N–H and O–H groups in total. The molecule has 0 aliphatic heterocycles. The lowest BCUT2D eigenvalue weighted by Crippen LogP contribution is -2.43. The fraction of sp³-hybridized carbons (Fsp3) is 0.348. The highest BCUT2D eigenvalue weighted by molar-refractivity contribution is 9.10. The summed E-state index contributed by atoms with van der Waals surface area (Å²) >= 11 is 3.46. The first-order chi connectivity index (χ1) is 14.8. The summed E-state index contributed by atoms with van der Waals surface area (Å²) in [6, 6.07) is 12.2. The minimum atomic E-state index is -0.491. The molecule has 166 valence electrons. The van der Waals surface area contributed by atoms with Gasteiger partial charge in [0.15, 0.2) is 6.61 Å². The third-order valence-corrected chi connectivity index (χ3v) is 5.34. The van der Waals surface area contributed by atoms with E-state index >= 15 is 0 Å². The lowest BCUT2D eigenvalue weighted by Gasteiger charge is -2.13. The molecule has 0 bridgehead atoms. The Labute approximate surface area is 191 Å². The summed E-state index contributed by atoms with van der Waals surface area (Å²) in [6.07, 6.45) is 2.23. The van der Waals surface area contributed by atoms with Gasteiger partial charge in [-0.15, -0.1) is 0 Å². The fourth-order valence-electron chi connectivity index (χ4n) is 2.71. The smallest absolute Gasteiger partial charge is 0.276 e. The van der Waals surface area contributed by atoms with E-state index in [1.807, 2.05) is 25.1 Å². The molecule has 7 nitrogen and oxygen atoms in total. The van der Waals surface area contributed by atoms with Crippen LogP contribution in [0.3, 0.4) is 0 Å². The molecule has 0 fully saturated rings. The SMILES string of the molecule is CCCC(=O)Nc1ccc(C(=O)NNC(=O)COc2ccc(C(C)CC)cc2Br)cc1. The topological polar surface area (TPSA) is 96.5 Å². The maximum Gasteiger partial charge on any atom is 0.276 e. The molecule has 2 aromatic rings. The summed E-state index contributed by atoms with van der Waals surface area (Å²) in [5, 5.41) is 2.75. The Morgan fingerprint density at radius 1 is 1.00 bits per heavy atom. The number of hydrogen-bond donors (Lipinski definition) is 3. The summed E-state index contributed by atoms with van der Waals surface area (Å²) in [5.74, 6) is -0.0542. The van der Waals surface area contributed by atoms with Gasteiger partial charge in [0.05, 0.1) is 4.47 Å². The summed E-state index contributed by atoms with van der Waals surface area (Å²) in [4.78, 5) is 35.8. The van der Waals surface area contributed by atoms with Crippen LogP contribution in [0.1, 0.15) is 61.9 Å². The third-order valence-electron chi connectivity index (χ3n) is 4.72. The number of benzene rings is 2. The van der Waals surface area contributed by atoms with Crippen LogP contribution in [0.15, 0.2) is 46.9 Å². The molecule has 0 aliphatic rings. The molecule has 3 amide bonds. The highest BCUT2D eigenvalue weighted by Gasteiger charge is 2.11. The summed E-state index contributed by atoms with van der Waals surface area (Å²) < 4.78 is 6.30. The summed E-state index contributed by atoms with van der Waals surface area (Å²) in [6.45, 7) is 5.95. The van der Waals surface area contributed by atoms with Crippen molar-refractivity contribution < 1.29 is 19.1 Å². The predicted octanol–water partition coefficient (Wildman–Crippen LogP) is 4.54. The monoisotopic (exact) mass is 489 g/mol. The Morgan fingerprint density at radius 2 is 1.71 bits per heavy atom. The second-order valence-electron chi connectivity index (χ2n) is 7.17. The maximum atomic E-state index is 12.2. The molecule has 31 heavy (non-hydrogen) atoms. The van der Waals surface area contributed by atoms with Gasteiger partial charge in [0.2, 0.25) is 5.91 Å². The van der Waals surface area contributed by atoms with Crippen molar-refractivity contribution in [1.29, 1.82) is 0 Å². The number of rotatable bonds is 9. The Kier molecular flexibility index (Phi) is 9.52. The molecule has 0 radical (unpaired) electrons. The van der Waals surface area contributed by atoms with Gasteiger partial charge in [0, 0.05) is 17.7 Å². The highest BCUT2D eigenvalue weighted by Crippen LogP contribution is 2.30. The largest absolute Gasteiger partial charge is 0.483 e. The zero-order chi connectivity index (χ0) is 22.8. The molecule has 0 saturated carbocycles. The Hall–Kier alpha value is -2.87. The van der Waals surface area contributed by atoms with Crippen LogP contribution in [0.5, 0.6) is 5.75 Å². The number of anilines is 1. The number of carbonyl (C=O) groups excluding carboxylic acids is 3. The van der Waals surface area contributed by atoms with Gasteiger partial charge < -0.3 is 10.1 Å². The first kappa shape index (κ1) is 24.4. The average Bonchev–Trinajstić information content (AvgIpc) is 2.76. The molecule has 2 rings (SSSR count). The number of nitrogens with one attached hydrogen (secondary N) is 3. The van der Waals surface area contributed by atoms with E-state index in [1.54, 1.807) is 24.3 Å². The molecule has 0 spiro atoms. The molecule has 1 unspecified atom stereocenters. The van der Waals surface area contributed by atoms with E-state index in [9.17, 15) is 14.4 Å². The van der Waals surface area contributed by atoms with E-state index < -0.39 is 11.8 Å². The molecular weight excluding hydrogens is 462 g/mol. The van der Waals surface area contributed by atoms with Gasteiger partial charge in [-0.05, 0) is 76.7 Å². The van der Waals surface area contributed by atoms with E-state index in [1.165, 1.54) is 5.56 Å². The summed E-state index contributed by atoms with van der Waals surface area (Å²) in [5.41, 5.74) is 6.81. The van der Waals surface area contributed by atoms with Gasteiger partial charge in [-0.3, -0.25) is 25.2 Å². The van der Waals surface area contributed by atoms with Crippen molar-refractivity contribution in [3.05, 3.63) is 58.1 Å². The van der Waals surface area contributed by atoms with E-state index in [0.29, 0.717) is 29.3 Å². The quantitative estimate of drug-likeness (QED) is 0.450. The van der Waals surface area contributed by atoms with Crippen LogP contribution in [0, 0.1) is 0 Å². The maximum absolute atomic E-state index is 12.2. The average molecular weight is 490 g/mol. The zero-order valence-electron chi connectivity index (χ0n) is 18.0. The van der Waals surface area contributed by atoms with Crippen LogP contribution < -0.4 is 20.9 Å². The molecule has 0 aromatic heterocycles. The van der Waals surface area contributed by atoms with Crippen LogP contribution in [0.25, 0.3) is 0 Å². The minimum Gasteiger partial charge on any atom is -0.483 e. The Bertz CT molecular complexity index is 916. The van der Waals surface area contributed by atoms with Gasteiger partial charge in [0.25, 0.3) is 11.8 Å². The number of carbonyl (C=O) groups is 3. The van der Waals surface area contributed by atoms with Crippen LogP contribution in [-0.2, 0) is 9.59 Å². The fourth-order valence-corrected chi connectivity index (χ4v) is 3.22. The normalized spacial score (nSPS) is 11.4. The first-order valence-electron chi connectivity index (χ1n) is 10.2. The van der Waals surface area contributed by atoms with Crippen molar-refractivity contribution in [2.45, 2.75) is 46.0 Å². The van der Waals surface area contributed by atoms with Gasteiger partial charge in [0.1, 0.15) is 5.75 Å². The van der Waals surface area contributed by atoms with Gasteiger partial charge in [-0.1, -0.05) is 26.8 Å². The van der Waals surface area contributed by atoms with Crippen LogP contribution >= 0.6 is 15.9 Å². The van der Waals surface area contributed by atoms with E-state index in [0.717, 1.165) is 17.3 Å². The molecule has 8 heteroatoms. The van der Waals surface area contributed by atoms with Crippen molar-refractivity contribution >= 4 is 39.3 Å². The second-order valence-corrected chi connectivity index (χ2v) is 8.02. The van der Waals surface area contributed by atoms with Crippen molar-refractivity contribution in [1.82, 2.24) is 10.9 Å². The minimum absolute atomic E-state index is 0.0758. The van der Waals surface area contributed by atoms with Crippen LogP contribution in [0.2, 0.25) is 0 Å². The van der Waals surface area contributed by atoms with Crippen molar-refractivity contribution in [2.24, 2.45) is 0 Å². The molecule has 0 heterocycles. The number of ether oxygens (including phenoxy) is 1. The molecular formula is C23H28BrN3O4. The predicted molar refractivity (Wildman–Crippen MR) is 124 cm³/mol. The third kappa shape index (κ3) is 7.71. The standard InChI is InChI=1S/C23H28BrN3O4/c1-4-6-21(28)25-18-10-7-16(8-11-18)23(30)27-26-22(29)14-31-20-12-9-17(13-19(20)24)15(3)5-2/h7-13,15H,4-6,14H2,1-3H3,(H,25,28)(H,26,29)(H,27,30). The van der Waals surface area contributed by atoms with Gasteiger partial charge in [-0.2, -0.15) is 0 Å². The molecule has 1 atom stereocenters. The van der Waals surface area contributed by atoms with E-state index in [4.69, 9.17) is 4.74 Å². The van der Waals surface area contributed by atoms with Crippen LogP contribution in [-0.4, -0.2) is 24.3 Å². The first-order valence-corrected chi connectivity index (χ1v) is 11.0. The van der Waals surface area contributed by atoms with Gasteiger partial charge >= 0.3 is 0 Å². The molecule has 0 aliphatic carbocycles. The lowest BCUT2D eigenvalue weighted by molar-refractivity contribution is -0.123. The second kappa shape index (κ2) is 12.1. The zero-order valence-corrected chi connectivity index (χ0v) is 19.5.